The summed E-state index contributed by atoms with van der Waals surface area (Å²) in [5, 5.41) is 2.73. The van der Waals surface area contributed by atoms with Crippen LogP contribution in [0.5, 0.6) is 0 Å². The summed E-state index contributed by atoms with van der Waals surface area (Å²) in [4.78, 5) is 11.3. The van der Waals surface area contributed by atoms with Gasteiger partial charge in [-0.2, -0.15) is 8.42 Å². The third-order valence-corrected chi connectivity index (χ3v) is 2.68. The van der Waals surface area contributed by atoms with Gasteiger partial charge in [-0.1, -0.05) is 30.3 Å². The fourth-order valence-electron chi connectivity index (χ4n) is 1.24. The minimum atomic E-state index is -3.43. The number of carbonyl (C=O) groups is 1. The zero-order valence-corrected chi connectivity index (χ0v) is 11.5. The van der Waals surface area contributed by atoms with Crippen molar-refractivity contribution in [2.24, 2.45) is 0 Å². The molecular formula is C12H17NO5S. The van der Waals surface area contributed by atoms with Gasteiger partial charge in [0.25, 0.3) is 10.1 Å². The summed E-state index contributed by atoms with van der Waals surface area (Å²) in [7, 11) is -3.43. The molecule has 19 heavy (non-hydrogen) atoms. The van der Waals surface area contributed by atoms with Crippen molar-refractivity contribution in [2.45, 2.75) is 6.61 Å². The summed E-state index contributed by atoms with van der Waals surface area (Å²) in [6, 6.07) is 9.34. The van der Waals surface area contributed by atoms with E-state index < -0.39 is 16.1 Å². The molecule has 1 aromatic carbocycles. The Morgan fingerprint density at radius 2 is 1.95 bits per heavy atom. The Morgan fingerprint density at radius 1 is 1.26 bits per heavy atom. The van der Waals surface area contributed by atoms with Crippen LogP contribution in [0.4, 0.5) is 0 Å². The van der Waals surface area contributed by atoms with Crippen LogP contribution in [0.25, 0.3) is 0 Å². The van der Waals surface area contributed by atoms with Gasteiger partial charge in [0.05, 0.1) is 19.4 Å². The maximum Gasteiger partial charge on any atom is 0.320 e. The summed E-state index contributed by atoms with van der Waals surface area (Å²) in [6.07, 6.45) is 0.973. The molecule has 0 saturated heterocycles. The fraction of sp³-hybridized carbons (Fsp3) is 0.417. The lowest BCUT2D eigenvalue weighted by Gasteiger charge is -2.06. The third-order valence-electron chi connectivity index (χ3n) is 2.09. The van der Waals surface area contributed by atoms with Gasteiger partial charge >= 0.3 is 5.97 Å². The van der Waals surface area contributed by atoms with Crippen LogP contribution in [-0.2, 0) is 30.4 Å². The first-order valence-corrected chi connectivity index (χ1v) is 7.54. The maximum absolute atomic E-state index is 11.3. The van der Waals surface area contributed by atoms with Crippen molar-refractivity contribution < 1.29 is 22.1 Å². The Kier molecular flexibility index (Phi) is 6.48. The molecule has 1 aromatic rings. The second kappa shape index (κ2) is 7.88. The van der Waals surface area contributed by atoms with Gasteiger partial charge in [0.2, 0.25) is 0 Å². The molecule has 0 radical (unpaired) electrons. The SMILES string of the molecule is CS(=O)(=O)OCCNCC(=O)OCc1ccccc1. The molecule has 106 valence electrons. The van der Waals surface area contributed by atoms with Crippen LogP contribution in [0.2, 0.25) is 0 Å². The highest BCUT2D eigenvalue weighted by atomic mass is 32.2. The van der Waals surface area contributed by atoms with E-state index in [-0.39, 0.29) is 26.3 Å². The van der Waals surface area contributed by atoms with Crippen molar-refractivity contribution in [1.29, 1.82) is 0 Å². The van der Waals surface area contributed by atoms with Crippen LogP contribution in [0.3, 0.4) is 0 Å². The molecule has 6 nitrogen and oxygen atoms in total. The lowest BCUT2D eigenvalue weighted by atomic mass is 10.2. The van der Waals surface area contributed by atoms with Gasteiger partial charge in [-0.3, -0.25) is 8.98 Å². The van der Waals surface area contributed by atoms with E-state index in [9.17, 15) is 13.2 Å². The van der Waals surface area contributed by atoms with E-state index in [4.69, 9.17) is 4.74 Å². The van der Waals surface area contributed by atoms with Gasteiger partial charge in [0.15, 0.2) is 0 Å². The molecule has 1 rings (SSSR count). The van der Waals surface area contributed by atoms with Gasteiger partial charge in [0.1, 0.15) is 6.61 Å². The molecule has 0 aromatic heterocycles. The Morgan fingerprint density at radius 3 is 2.58 bits per heavy atom. The number of ether oxygens (including phenoxy) is 1. The molecule has 0 spiro atoms. The molecule has 1 N–H and O–H groups in total. The number of nitrogens with one attached hydrogen (secondary N) is 1. The molecule has 0 atom stereocenters. The van der Waals surface area contributed by atoms with Crippen LogP contribution in [-0.4, -0.2) is 40.3 Å². The number of rotatable bonds is 8. The first-order valence-electron chi connectivity index (χ1n) is 5.72. The van der Waals surface area contributed by atoms with Crippen LogP contribution < -0.4 is 5.32 Å². The van der Waals surface area contributed by atoms with E-state index in [1.807, 2.05) is 30.3 Å². The van der Waals surface area contributed by atoms with Crippen LogP contribution >= 0.6 is 0 Å². The molecule has 0 fully saturated rings. The minimum absolute atomic E-state index is 0.00913. The Balaban J connectivity index is 2.09. The lowest BCUT2D eigenvalue weighted by molar-refractivity contribution is -0.143. The van der Waals surface area contributed by atoms with Gasteiger partial charge in [0, 0.05) is 6.54 Å². The van der Waals surface area contributed by atoms with Gasteiger partial charge in [-0.15, -0.1) is 0 Å². The molecule has 0 aliphatic rings. The normalized spacial score (nSPS) is 11.2. The number of esters is 1. The van der Waals surface area contributed by atoms with Crippen molar-refractivity contribution in [3.05, 3.63) is 35.9 Å². The van der Waals surface area contributed by atoms with Gasteiger partial charge in [-0.25, -0.2) is 0 Å². The maximum atomic E-state index is 11.3. The number of benzene rings is 1. The molecule has 0 aliphatic carbocycles. The van der Waals surface area contributed by atoms with Crippen LogP contribution in [0.15, 0.2) is 30.3 Å². The van der Waals surface area contributed by atoms with E-state index in [0.29, 0.717) is 0 Å². The minimum Gasteiger partial charge on any atom is -0.460 e. The van der Waals surface area contributed by atoms with E-state index in [1.54, 1.807) is 0 Å². The highest BCUT2D eigenvalue weighted by molar-refractivity contribution is 7.85. The lowest BCUT2D eigenvalue weighted by Crippen LogP contribution is -2.28. The topological polar surface area (TPSA) is 81.7 Å². The molecular weight excluding hydrogens is 270 g/mol. The second-order valence-corrected chi connectivity index (χ2v) is 5.49. The van der Waals surface area contributed by atoms with Crippen molar-refractivity contribution in [1.82, 2.24) is 5.32 Å². The molecule has 0 saturated carbocycles. The fourth-order valence-corrected chi connectivity index (χ4v) is 1.63. The number of hydrogen-bond donors (Lipinski definition) is 1. The molecule has 7 heteroatoms. The van der Waals surface area contributed by atoms with Gasteiger partial charge < -0.3 is 10.1 Å². The highest BCUT2D eigenvalue weighted by Crippen LogP contribution is 2.00. The van der Waals surface area contributed by atoms with Crippen LogP contribution in [0, 0.1) is 0 Å². The Hall–Kier alpha value is -1.44. The summed E-state index contributed by atoms with van der Waals surface area (Å²) in [5.74, 6) is -0.400. The summed E-state index contributed by atoms with van der Waals surface area (Å²) < 4.78 is 30.8. The number of hydrogen-bond acceptors (Lipinski definition) is 6. The average molecular weight is 287 g/mol. The van der Waals surface area contributed by atoms with Crippen molar-refractivity contribution in [3.8, 4) is 0 Å². The van der Waals surface area contributed by atoms with Crippen LogP contribution in [0.1, 0.15) is 5.56 Å². The smallest absolute Gasteiger partial charge is 0.320 e. The Bertz CT molecular complexity index is 486. The van der Waals surface area contributed by atoms with E-state index in [1.165, 1.54) is 0 Å². The summed E-state index contributed by atoms with van der Waals surface area (Å²) >= 11 is 0. The average Bonchev–Trinajstić information content (AvgIpc) is 2.36. The quantitative estimate of drug-likeness (QED) is 0.420. The zero-order valence-electron chi connectivity index (χ0n) is 10.7. The molecule has 0 bridgehead atoms. The Labute approximate surface area is 112 Å². The second-order valence-electron chi connectivity index (χ2n) is 3.85. The largest absolute Gasteiger partial charge is 0.460 e. The van der Waals surface area contributed by atoms with E-state index in [2.05, 4.69) is 9.50 Å². The summed E-state index contributed by atoms with van der Waals surface area (Å²) in [6.45, 7) is 0.486. The standard InChI is InChI=1S/C12H17NO5S/c1-19(15,16)18-8-7-13-9-12(14)17-10-11-5-3-2-4-6-11/h2-6,13H,7-10H2,1H3. The molecule has 0 unspecified atom stereocenters. The first kappa shape index (κ1) is 15.6. The predicted molar refractivity (Wildman–Crippen MR) is 69.9 cm³/mol. The first-order chi connectivity index (χ1) is 8.97. The van der Waals surface area contributed by atoms with Crippen molar-refractivity contribution in [2.75, 3.05) is 26.0 Å². The van der Waals surface area contributed by atoms with Gasteiger partial charge in [-0.05, 0) is 5.56 Å². The molecule has 0 aliphatic heterocycles. The molecule has 0 heterocycles. The zero-order chi connectivity index (χ0) is 14.1. The summed E-state index contributed by atoms with van der Waals surface area (Å²) in [5.41, 5.74) is 0.913. The highest BCUT2D eigenvalue weighted by Gasteiger charge is 2.04. The monoisotopic (exact) mass is 287 g/mol. The predicted octanol–water partition coefficient (Wildman–Crippen LogP) is 0.296. The molecule has 0 amide bonds. The van der Waals surface area contributed by atoms with E-state index >= 15 is 0 Å². The third kappa shape index (κ3) is 8.30. The van der Waals surface area contributed by atoms with Crippen molar-refractivity contribution in [3.63, 3.8) is 0 Å². The number of carbonyl (C=O) groups excluding carboxylic acids is 1. The van der Waals surface area contributed by atoms with Crippen molar-refractivity contribution >= 4 is 16.1 Å². The van der Waals surface area contributed by atoms with E-state index in [0.717, 1.165) is 11.8 Å².